The first-order valence-electron chi connectivity index (χ1n) is 15.1. The molecule has 8 nitrogen and oxygen atoms in total. The summed E-state index contributed by atoms with van der Waals surface area (Å²) in [7, 11) is 0. The van der Waals surface area contributed by atoms with E-state index in [1.54, 1.807) is 12.1 Å². The molecule has 2 fully saturated rings. The quantitative estimate of drug-likeness (QED) is 0.359. The molecule has 0 atom stereocenters. The van der Waals surface area contributed by atoms with Gasteiger partial charge in [0.1, 0.15) is 0 Å². The third-order valence-electron chi connectivity index (χ3n) is 8.32. The Morgan fingerprint density at radius 1 is 0.929 bits per heavy atom. The number of aryl methyl sites for hydroxylation is 2. The molecular formula is C32H41Cl2N5O3. The first-order chi connectivity index (χ1) is 20.4. The Labute approximate surface area is 258 Å². The first kappa shape index (κ1) is 30.8. The van der Waals surface area contributed by atoms with Crippen LogP contribution in [-0.4, -0.2) is 96.7 Å². The van der Waals surface area contributed by atoms with Crippen LogP contribution in [0, 0.1) is 0 Å². The molecule has 1 N–H and O–H groups in total. The lowest BCUT2D eigenvalue weighted by molar-refractivity contribution is -0.132. The molecule has 0 saturated carbocycles. The number of halogens is 2. The number of ether oxygens (including phenoxy) is 1. The van der Waals surface area contributed by atoms with Crippen LogP contribution in [0.15, 0.2) is 42.6 Å². The molecule has 2 aromatic carbocycles. The average Bonchev–Trinajstić information content (AvgIpc) is 3.16. The summed E-state index contributed by atoms with van der Waals surface area (Å²) >= 11 is 12.2. The molecule has 0 spiro atoms. The molecule has 1 aromatic heterocycles. The lowest BCUT2D eigenvalue weighted by Crippen LogP contribution is -2.50. The highest BCUT2D eigenvalue weighted by atomic mass is 35.5. The molecule has 2 amide bonds. The number of fused-ring (bicyclic) bond motifs is 1. The molecule has 0 bridgehead atoms. The zero-order valence-electron chi connectivity index (χ0n) is 24.4. The number of rotatable bonds is 10. The van der Waals surface area contributed by atoms with E-state index in [1.165, 1.54) is 5.56 Å². The summed E-state index contributed by atoms with van der Waals surface area (Å²) in [6.07, 6.45) is 4.81. The van der Waals surface area contributed by atoms with Crippen molar-refractivity contribution in [2.24, 2.45) is 0 Å². The number of carbonyl (C=O) groups is 2. The van der Waals surface area contributed by atoms with E-state index in [0.717, 1.165) is 88.1 Å². The monoisotopic (exact) mass is 613 g/mol. The molecule has 226 valence electrons. The van der Waals surface area contributed by atoms with E-state index in [1.807, 2.05) is 29.3 Å². The molecule has 2 aliphatic rings. The van der Waals surface area contributed by atoms with Crippen LogP contribution in [0.4, 0.5) is 0 Å². The standard InChI is InChI=1S/C32H41Cl2N5O3/c1-2-25-6-3-7-26-27(32(41)35-21-24-8-9-28(33)29(34)20-24)22-39(31(25)26)11-4-10-36-13-15-37(16-14-36)23-30(40)38-12-5-18-42-19-17-38/h3,6-9,20,22H,2,4-5,10-19,21,23H2,1H3,(H,35,41). The van der Waals surface area contributed by atoms with Gasteiger partial charge in [-0.3, -0.25) is 14.5 Å². The van der Waals surface area contributed by atoms with Crippen molar-refractivity contribution in [2.75, 3.05) is 65.6 Å². The maximum atomic E-state index is 13.3. The van der Waals surface area contributed by atoms with Crippen LogP contribution in [0.3, 0.4) is 0 Å². The smallest absolute Gasteiger partial charge is 0.253 e. The normalized spacial score (nSPS) is 17.0. The molecule has 3 heterocycles. The lowest BCUT2D eigenvalue weighted by Gasteiger charge is -2.35. The van der Waals surface area contributed by atoms with Gasteiger partial charge in [0.05, 0.1) is 34.3 Å². The van der Waals surface area contributed by atoms with E-state index in [0.29, 0.717) is 41.8 Å². The Hall–Kier alpha value is -2.62. The van der Waals surface area contributed by atoms with Gasteiger partial charge in [0.2, 0.25) is 5.91 Å². The number of benzene rings is 2. The molecule has 2 aliphatic heterocycles. The molecule has 0 aliphatic carbocycles. The van der Waals surface area contributed by atoms with Crippen LogP contribution in [0.5, 0.6) is 0 Å². The number of hydrogen-bond donors (Lipinski definition) is 1. The summed E-state index contributed by atoms with van der Waals surface area (Å²) in [4.78, 5) is 32.8. The van der Waals surface area contributed by atoms with Crippen molar-refractivity contribution in [3.05, 3.63) is 69.3 Å². The zero-order chi connectivity index (χ0) is 29.5. The van der Waals surface area contributed by atoms with Gasteiger partial charge in [-0.25, -0.2) is 0 Å². The van der Waals surface area contributed by atoms with E-state index in [2.05, 4.69) is 32.7 Å². The van der Waals surface area contributed by atoms with Crippen molar-refractivity contribution in [2.45, 2.75) is 39.3 Å². The highest BCUT2D eigenvalue weighted by Gasteiger charge is 2.23. The first-order valence-corrected chi connectivity index (χ1v) is 15.8. The number of carbonyl (C=O) groups excluding carboxylic acids is 2. The van der Waals surface area contributed by atoms with Crippen LogP contribution in [-0.2, 0) is 29.0 Å². The summed E-state index contributed by atoms with van der Waals surface area (Å²) in [5.74, 6) is 0.119. The fourth-order valence-electron chi connectivity index (χ4n) is 5.93. The average molecular weight is 615 g/mol. The van der Waals surface area contributed by atoms with Crippen LogP contribution in [0.1, 0.15) is 41.3 Å². The molecule has 10 heteroatoms. The topological polar surface area (TPSA) is 70.1 Å². The van der Waals surface area contributed by atoms with Crippen molar-refractivity contribution in [3.8, 4) is 0 Å². The van der Waals surface area contributed by atoms with Crippen LogP contribution in [0.2, 0.25) is 10.0 Å². The fourth-order valence-corrected chi connectivity index (χ4v) is 6.25. The molecule has 0 radical (unpaired) electrons. The molecule has 5 rings (SSSR count). The minimum absolute atomic E-state index is 0.101. The second kappa shape index (κ2) is 14.7. The number of nitrogens with zero attached hydrogens (tertiary/aromatic N) is 4. The van der Waals surface area contributed by atoms with Gasteiger partial charge in [-0.2, -0.15) is 0 Å². The number of nitrogens with one attached hydrogen (secondary N) is 1. The predicted octanol–water partition coefficient (Wildman–Crippen LogP) is 4.70. The van der Waals surface area contributed by atoms with Gasteiger partial charge in [0, 0.05) is 70.5 Å². The van der Waals surface area contributed by atoms with Crippen molar-refractivity contribution in [3.63, 3.8) is 0 Å². The third-order valence-corrected chi connectivity index (χ3v) is 9.06. The second-order valence-corrected chi connectivity index (χ2v) is 12.0. The van der Waals surface area contributed by atoms with Crippen LogP contribution >= 0.6 is 23.2 Å². The fraction of sp³-hybridized carbons (Fsp3) is 0.500. The van der Waals surface area contributed by atoms with Gasteiger partial charge in [-0.05, 0) is 49.1 Å². The Balaban J connectivity index is 1.15. The largest absolute Gasteiger partial charge is 0.380 e. The maximum absolute atomic E-state index is 13.3. The van der Waals surface area contributed by atoms with Gasteiger partial charge in [0.25, 0.3) is 5.91 Å². The zero-order valence-corrected chi connectivity index (χ0v) is 25.9. The summed E-state index contributed by atoms with van der Waals surface area (Å²) < 4.78 is 7.74. The Morgan fingerprint density at radius 3 is 2.52 bits per heavy atom. The second-order valence-electron chi connectivity index (χ2n) is 11.2. The summed E-state index contributed by atoms with van der Waals surface area (Å²) in [5.41, 5.74) is 3.97. The summed E-state index contributed by atoms with van der Waals surface area (Å²) in [6.45, 7) is 11.5. The van der Waals surface area contributed by atoms with Crippen LogP contribution in [0.25, 0.3) is 10.9 Å². The predicted molar refractivity (Wildman–Crippen MR) is 168 cm³/mol. The minimum Gasteiger partial charge on any atom is -0.380 e. The molecular weight excluding hydrogens is 573 g/mol. The maximum Gasteiger partial charge on any atom is 0.253 e. The minimum atomic E-state index is -0.101. The molecule has 3 aromatic rings. The third kappa shape index (κ3) is 7.66. The van der Waals surface area contributed by atoms with Crippen molar-refractivity contribution in [1.29, 1.82) is 0 Å². The van der Waals surface area contributed by atoms with Gasteiger partial charge in [0.15, 0.2) is 0 Å². The SMILES string of the molecule is CCc1cccc2c(C(=O)NCc3ccc(Cl)c(Cl)c3)cn(CCCN3CCN(CC(=O)N4CCCOCC4)CC3)c12. The number of hydrogen-bond acceptors (Lipinski definition) is 5. The Kier molecular flexibility index (Phi) is 10.8. The number of aromatic nitrogens is 1. The molecule has 42 heavy (non-hydrogen) atoms. The summed E-state index contributed by atoms with van der Waals surface area (Å²) in [6, 6.07) is 11.6. The Bertz CT molecular complexity index is 1380. The van der Waals surface area contributed by atoms with Crippen molar-refractivity contribution in [1.82, 2.24) is 24.6 Å². The highest BCUT2D eigenvalue weighted by Crippen LogP contribution is 2.27. The van der Waals surface area contributed by atoms with Gasteiger partial charge in [-0.1, -0.05) is 54.4 Å². The molecule has 2 saturated heterocycles. The van der Waals surface area contributed by atoms with E-state index in [9.17, 15) is 9.59 Å². The van der Waals surface area contributed by atoms with E-state index < -0.39 is 0 Å². The number of para-hydroxylation sites is 1. The number of amides is 2. The van der Waals surface area contributed by atoms with Crippen molar-refractivity contribution < 1.29 is 14.3 Å². The summed E-state index contributed by atoms with van der Waals surface area (Å²) in [5, 5.41) is 5.01. The van der Waals surface area contributed by atoms with E-state index in [-0.39, 0.29) is 11.8 Å². The van der Waals surface area contributed by atoms with E-state index >= 15 is 0 Å². The molecule has 0 unspecified atom stereocenters. The van der Waals surface area contributed by atoms with Crippen LogP contribution < -0.4 is 5.32 Å². The lowest BCUT2D eigenvalue weighted by atomic mass is 10.1. The van der Waals surface area contributed by atoms with Crippen molar-refractivity contribution >= 4 is 45.9 Å². The highest BCUT2D eigenvalue weighted by molar-refractivity contribution is 6.42. The van der Waals surface area contributed by atoms with E-state index in [4.69, 9.17) is 27.9 Å². The van der Waals surface area contributed by atoms with Gasteiger partial charge >= 0.3 is 0 Å². The Morgan fingerprint density at radius 2 is 1.74 bits per heavy atom. The number of piperazine rings is 1. The van der Waals surface area contributed by atoms with Gasteiger partial charge in [-0.15, -0.1) is 0 Å². The van der Waals surface area contributed by atoms with Gasteiger partial charge < -0.3 is 24.4 Å².